The Labute approximate surface area is 288 Å². The van der Waals surface area contributed by atoms with Crippen molar-refractivity contribution in [2.75, 3.05) is 10.2 Å². The van der Waals surface area contributed by atoms with Crippen molar-refractivity contribution in [1.29, 1.82) is 10.5 Å². The van der Waals surface area contributed by atoms with Crippen molar-refractivity contribution >= 4 is 55.1 Å². The van der Waals surface area contributed by atoms with Gasteiger partial charge in [-0.2, -0.15) is 10.5 Å². The van der Waals surface area contributed by atoms with Crippen LogP contribution in [0, 0.1) is 29.6 Å². The Kier molecular flexibility index (Phi) is 7.28. The quantitative estimate of drug-likeness (QED) is 0.185. The number of rotatable bonds is 6. The van der Waals surface area contributed by atoms with Crippen LogP contribution < -0.4 is 10.2 Å². The summed E-state index contributed by atoms with van der Waals surface area (Å²) in [5, 5.41) is 30.9. The van der Waals surface area contributed by atoms with Crippen molar-refractivity contribution < 1.29 is 0 Å². The van der Waals surface area contributed by atoms with E-state index in [9.17, 15) is 10.5 Å². The van der Waals surface area contributed by atoms with Crippen LogP contribution in [-0.2, 0) is 5.41 Å². The molecule has 0 amide bonds. The first kappa shape index (κ1) is 30.5. The lowest BCUT2D eigenvalue weighted by Gasteiger charge is -2.51. The van der Waals surface area contributed by atoms with E-state index in [1.807, 2.05) is 30.3 Å². The number of nitrogens with one attached hydrogen (secondary N) is 1. The first-order valence-corrected chi connectivity index (χ1v) is 17.2. The molecule has 4 nitrogen and oxygen atoms in total. The molecule has 2 unspecified atom stereocenters. The van der Waals surface area contributed by atoms with Crippen LogP contribution in [0.5, 0.6) is 0 Å². The summed E-state index contributed by atoms with van der Waals surface area (Å²) < 4.78 is 0. The van der Waals surface area contributed by atoms with E-state index >= 15 is 0 Å². The van der Waals surface area contributed by atoms with Gasteiger partial charge >= 0.3 is 0 Å². The minimum atomic E-state index is -0.221. The molecule has 1 N–H and O–H groups in total. The molecule has 1 aliphatic rings. The third-order valence-electron chi connectivity index (χ3n) is 11.3. The highest BCUT2D eigenvalue weighted by Crippen LogP contribution is 2.50. The number of nitriles is 2. The summed E-state index contributed by atoms with van der Waals surface area (Å²) in [4.78, 5) is 2.27. The summed E-state index contributed by atoms with van der Waals surface area (Å²) in [6.07, 6.45) is 4.43. The highest BCUT2D eigenvalue weighted by Gasteiger charge is 2.47. The fourth-order valence-electron chi connectivity index (χ4n) is 8.33. The van der Waals surface area contributed by atoms with Gasteiger partial charge in [0.15, 0.2) is 0 Å². The molecule has 4 heteroatoms. The number of hydrogen-bond acceptors (Lipinski definition) is 4. The van der Waals surface area contributed by atoms with Gasteiger partial charge in [0.25, 0.3) is 0 Å². The van der Waals surface area contributed by atoms with Crippen LogP contribution in [0.15, 0.2) is 121 Å². The van der Waals surface area contributed by atoms with Gasteiger partial charge in [0.05, 0.1) is 29.0 Å². The van der Waals surface area contributed by atoms with Crippen LogP contribution in [0.25, 0.3) is 32.3 Å². The third-order valence-corrected chi connectivity index (χ3v) is 11.3. The molecule has 0 aromatic heterocycles. The molecule has 0 radical (unpaired) electrons. The van der Waals surface area contributed by atoms with Gasteiger partial charge in [0.2, 0.25) is 0 Å². The van der Waals surface area contributed by atoms with E-state index in [1.54, 1.807) is 0 Å². The second-order valence-electron chi connectivity index (χ2n) is 14.1. The zero-order valence-corrected chi connectivity index (χ0v) is 28.2. The molecule has 49 heavy (non-hydrogen) atoms. The zero-order valence-electron chi connectivity index (χ0n) is 28.2. The third kappa shape index (κ3) is 4.95. The van der Waals surface area contributed by atoms with E-state index in [-0.39, 0.29) is 11.0 Å². The molecule has 1 saturated carbocycles. The molecular formula is C45H38N4. The van der Waals surface area contributed by atoms with Crippen LogP contribution in [0.2, 0.25) is 0 Å². The van der Waals surface area contributed by atoms with E-state index < -0.39 is 0 Å². The van der Waals surface area contributed by atoms with E-state index in [0.29, 0.717) is 11.1 Å². The molecule has 1 aliphatic carbocycles. The predicted octanol–water partition coefficient (Wildman–Crippen LogP) is 11.8. The van der Waals surface area contributed by atoms with Crippen molar-refractivity contribution in [3.63, 3.8) is 0 Å². The Morgan fingerprint density at radius 1 is 0.633 bits per heavy atom. The van der Waals surface area contributed by atoms with Crippen LogP contribution >= 0.6 is 0 Å². The number of anilines is 4. The molecule has 2 atom stereocenters. The Hall–Kier alpha value is -5.84. The highest BCUT2D eigenvalue weighted by atomic mass is 15.1. The zero-order chi connectivity index (χ0) is 33.8. The molecule has 7 aromatic rings. The number of aryl methyl sites for hydroxylation is 1. The molecule has 0 saturated heterocycles. The number of nitrogens with zero attached hydrogens (tertiary/aromatic N) is 3. The second-order valence-corrected chi connectivity index (χ2v) is 14.1. The summed E-state index contributed by atoms with van der Waals surface area (Å²) in [5.74, 6) is 0. The Morgan fingerprint density at radius 3 is 2.02 bits per heavy atom. The lowest BCUT2D eigenvalue weighted by Crippen LogP contribution is -2.55. The molecule has 238 valence electrons. The van der Waals surface area contributed by atoms with Crippen molar-refractivity contribution in [2.45, 2.75) is 57.4 Å². The SMILES string of the molecule is Cc1ccc(N(c2cccc(C#N)c2)c2ccc3ccc4c(NC5(C)CCCCC5(C)c5cccc(C#N)c5)ccc5ccc2c3c54)cc1. The molecular weight excluding hydrogens is 597 g/mol. The minimum Gasteiger partial charge on any atom is -0.378 e. The molecule has 1 fully saturated rings. The molecule has 0 aliphatic heterocycles. The van der Waals surface area contributed by atoms with Gasteiger partial charge in [-0.25, -0.2) is 0 Å². The van der Waals surface area contributed by atoms with Gasteiger partial charge in [-0.05, 0) is 108 Å². The van der Waals surface area contributed by atoms with E-state index in [1.165, 1.54) is 44.5 Å². The van der Waals surface area contributed by atoms with Crippen LogP contribution in [-0.4, -0.2) is 5.54 Å². The fraction of sp³-hybridized carbons (Fsp3) is 0.200. The fourth-order valence-corrected chi connectivity index (χ4v) is 8.33. The molecule has 8 rings (SSSR count). The number of hydrogen-bond donors (Lipinski definition) is 1. The van der Waals surface area contributed by atoms with Gasteiger partial charge in [-0.1, -0.05) is 92.1 Å². The van der Waals surface area contributed by atoms with Gasteiger partial charge < -0.3 is 10.2 Å². The molecule has 0 bridgehead atoms. The summed E-state index contributed by atoms with van der Waals surface area (Å²) in [7, 11) is 0. The largest absolute Gasteiger partial charge is 0.378 e. The molecule has 0 spiro atoms. The summed E-state index contributed by atoms with van der Waals surface area (Å²) in [5.41, 5.74) is 7.59. The minimum absolute atomic E-state index is 0.151. The van der Waals surface area contributed by atoms with Crippen LogP contribution in [0.4, 0.5) is 22.7 Å². The van der Waals surface area contributed by atoms with Crippen molar-refractivity contribution in [1.82, 2.24) is 0 Å². The Balaban J connectivity index is 1.31. The Morgan fingerprint density at radius 2 is 1.27 bits per heavy atom. The van der Waals surface area contributed by atoms with Gasteiger partial charge in [-0.3, -0.25) is 0 Å². The van der Waals surface area contributed by atoms with Gasteiger partial charge in [0, 0.05) is 38.8 Å². The summed E-state index contributed by atoms with van der Waals surface area (Å²) >= 11 is 0. The lowest BCUT2D eigenvalue weighted by molar-refractivity contribution is 0.198. The first-order valence-electron chi connectivity index (χ1n) is 17.2. The Bertz CT molecular complexity index is 2450. The maximum Gasteiger partial charge on any atom is 0.0992 e. The molecule has 0 heterocycles. The number of benzene rings is 7. The summed E-state index contributed by atoms with van der Waals surface area (Å²) in [6.45, 7) is 6.85. The lowest BCUT2D eigenvalue weighted by atomic mass is 9.59. The first-order chi connectivity index (χ1) is 23.8. The second kappa shape index (κ2) is 11.7. The highest BCUT2D eigenvalue weighted by molar-refractivity contribution is 6.27. The monoisotopic (exact) mass is 634 g/mol. The van der Waals surface area contributed by atoms with E-state index in [2.05, 4.69) is 134 Å². The molecule has 7 aromatic carbocycles. The van der Waals surface area contributed by atoms with E-state index in [4.69, 9.17) is 0 Å². The average Bonchev–Trinajstić information content (AvgIpc) is 3.14. The van der Waals surface area contributed by atoms with Gasteiger partial charge in [0.1, 0.15) is 0 Å². The standard InChI is InChI=1S/C45H38N4/c1-30-12-18-36(19-13-30)49(37-11-7-9-32(27-37)29-47)41-23-17-34-14-20-38-40(22-16-33-15-21-39(41)43(34)42(33)38)48-45(3)25-5-4-24-44(45,2)35-10-6-8-31(26-35)28-46/h6-23,26-27,48H,4-5,24-25H2,1-3H3. The average molecular weight is 635 g/mol. The van der Waals surface area contributed by atoms with Crippen LogP contribution in [0.1, 0.15) is 61.8 Å². The van der Waals surface area contributed by atoms with Crippen molar-refractivity contribution in [3.05, 3.63) is 144 Å². The van der Waals surface area contributed by atoms with Gasteiger partial charge in [-0.15, -0.1) is 0 Å². The van der Waals surface area contributed by atoms with Crippen molar-refractivity contribution in [3.8, 4) is 12.1 Å². The van der Waals surface area contributed by atoms with Crippen molar-refractivity contribution in [2.24, 2.45) is 0 Å². The normalized spacial score (nSPS) is 19.1. The maximum atomic E-state index is 9.77. The maximum absolute atomic E-state index is 9.77. The van der Waals surface area contributed by atoms with Crippen LogP contribution in [0.3, 0.4) is 0 Å². The summed E-state index contributed by atoms with van der Waals surface area (Å²) in [6, 6.07) is 47.3. The predicted molar refractivity (Wildman–Crippen MR) is 203 cm³/mol. The smallest absolute Gasteiger partial charge is 0.0992 e. The van der Waals surface area contributed by atoms with E-state index in [0.717, 1.165) is 47.4 Å². The topological polar surface area (TPSA) is 62.9 Å².